The van der Waals surface area contributed by atoms with Gasteiger partial charge in [-0.1, -0.05) is 37.7 Å². The summed E-state index contributed by atoms with van der Waals surface area (Å²) in [6.45, 7) is 4.02. The lowest BCUT2D eigenvalue weighted by atomic mass is 9.94. The summed E-state index contributed by atoms with van der Waals surface area (Å²) in [5.41, 5.74) is 5.10. The summed E-state index contributed by atoms with van der Waals surface area (Å²) in [4.78, 5) is 22.9. The van der Waals surface area contributed by atoms with Crippen LogP contribution < -0.4 is 10.7 Å². The summed E-state index contributed by atoms with van der Waals surface area (Å²) < 4.78 is 0. The highest BCUT2D eigenvalue weighted by molar-refractivity contribution is 8.13. The van der Waals surface area contributed by atoms with E-state index < -0.39 is 0 Å². The third-order valence-corrected chi connectivity index (χ3v) is 4.10. The van der Waals surface area contributed by atoms with Crippen LogP contribution in [0, 0.1) is 5.92 Å². The molecule has 0 bridgehead atoms. The van der Waals surface area contributed by atoms with E-state index in [0.717, 1.165) is 29.1 Å². The molecule has 5 nitrogen and oxygen atoms in total. The van der Waals surface area contributed by atoms with Crippen molar-refractivity contribution in [3.8, 4) is 0 Å². The third kappa shape index (κ3) is 4.32. The third-order valence-electron chi connectivity index (χ3n) is 3.12. The van der Waals surface area contributed by atoms with E-state index in [9.17, 15) is 9.59 Å². The van der Waals surface area contributed by atoms with Crippen LogP contribution in [0.3, 0.4) is 0 Å². The Morgan fingerprint density at radius 2 is 2.14 bits per heavy atom. The van der Waals surface area contributed by atoms with Crippen LogP contribution in [0.25, 0.3) is 0 Å². The van der Waals surface area contributed by atoms with Crippen LogP contribution in [-0.2, 0) is 4.79 Å². The highest BCUT2D eigenvalue weighted by Crippen LogP contribution is 2.19. The van der Waals surface area contributed by atoms with E-state index in [2.05, 4.69) is 15.8 Å². The molecule has 6 heteroatoms. The summed E-state index contributed by atoms with van der Waals surface area (Å²) >= 11 is 1.28. The van der Waals surface area contributed by atoms with Gasteiger partial charge in [-0.15, -0.1) is 0 Å². The lowest BCUT2D eigenvalue weighted by molar-refractivity contribution is -0.121. The first-order valence-corrected chi connectivity index (χ1v) is 7.99. The number of anilines is 1. The summed E-state index contributed by atoms with van der Waals surface area (Å²) in [6, 6.07) is 7.52. The first-order valence-electron chi connectivity index (χ1n) is 7.00. The predicted molar refractivity (Wildman–Crippen MR) is 86.7 cm³/mol. The van der Waals surface area contributed by atoms with Gasteiger partial charge in [-0.05, 0) is 24.1 Å². The van der Waals surface area contributed by atoms with E-state index >= 15 is 0 Å². The van der Waals surface area contributed by atoms with Crippen LogP contribution in [0.4, 0.5) is 10.5 Å². The van der Waals surface area contributed by atoms with E-state index in [0.29, 0.717) is 6.42 Å². The van der Waals surface area contributed by atoms with Crippen LogP contribution in [0.5, 0.6) is 0 Å². The van der Waals surface area contributed by atoms with E-state index in [4.69, 9.17) is 0 Å². The number of rotatable bonds is 4. The quantitative estimate of drug-likeness (QED) is 0.897. The molecule has 1 atom stereocenters. The second-order valence-electron chi connectivity index (χ2n) is 4.98. The van der Waals surface area contributed by atoms with Gasteiger partial charge in [-0.25, -0.2) is 5.43 Å². The monoisotopic (exact) mass is 305 g/mol. The molecule has 1 aliphatic heterocycles. The molecule has 112 valence electrons. The number of hydrogen-bond acceptors (Lipinski definition) is 4. The summed E-state index contributed by atoms with van der Waals surface area (Å²) in [5, 5.41) is 6.92. The number of benzene rings is 1. The number of thioether (sulfide) groups is 1. The van der Waals surface area contributed by atoms with Crippen molar-refractivity contribution in [2.24, 2.45) is 11.0 Å². The fraction of sp³-hybridized carbons (Fsp3) is 0.400. The highest BCUT2D eigenvalue weighted by atomic mass is 32.2. The van der Waals surface area contributed by atoms with Gasteiger partial charge in [0.25, 0.3) is 5.24 Å². The van der Waals surface area contributed by atoms with Crippen molar-refractivity contribution in [3.05, 3.63) is 29.8 Å². The van der Waals surface area contributed by atoms with Crippen molar-refractivity contribution in [2.45, 2.75) is 26.7 Å². The van der Waals surface area contributed by atoms with Crippen molar-refractivity contribution in [3.63, 3.8) is 0 Å². The van der Waals surface area contributed by atoms with Crippen molar-refractivity contribution in [1.29, 1.82) is 0 Å². The van der Waals surface area contributed by atoms with Crippen LogP contribution >= 0.6 is 11.8 Å². The van der Waals surface area contributed by atoms with E-state index in [1.165, 1.54) is 11.8 Å². The van der Waals surface area contributed by atoms with Crippen LogP contribution in [-0.4, -0.2) is 22.6 Å². The lowest BCUT2D eigenvalue weighted by Gasteiger charge is -2.19. The summed E-state index contributed by atoms with van der Waals surface area (Å²) in [5.74, 6) is 0.861. The van der Waals surface area contributed by atoms with Gasteiger partial charge in [0.15, 0.2) is 0 Å². The van der Waals surface area contributed by atoms with Crippen LogP contribution in [0.1, 0.15) is 32.3 Å². The average Bonchev–Trinajstić information content (AvgIpc) is 2.46. The molecule has 21 heavy (non-hydrogen) atoms. The van der Waals surface area contributed by atoms with E-state index in [1.807, 2.05) is 38.1 Å². The van der Waals surface area contributed by atoms with Crippen LogP contribution in [0.15, 0.2) is 29.4 Å². The minimum Gasteiger partial charge on any atom is -0.317 e. The molecule has 2 N–H and O–H groups in total. The van der Waals surface area contributed by atoms with Crippen molar-refractivity contribution < 1.29 is 9.59 Å². The fourth-order valence-corrected chi connectivity index (χ4v) is 2.65. The molecule has 1 aromatic carbocycles. The Kier molecular flexibility index (Phi) is 5.38. The maximum absolute atomic E-state index is 11.6. The van der Waals surface area contributed by atoms with Crippen molar-refractivity contribution in [2.75, 3.05) is 11.1 Å². The Labute approximate surface area is 128 Å². The minimum absolute atomic E-state index is 0.0414. The summed E-state index contributed by atoms with van der Waals surface area (Å²) in [6.07, 6.45) is 1.42. The molecule has 0 fully saturated rings. The number of carbonyl (C=O) groups excluding carboxylic acids is 2. The molecule has 1 heterocycles. The maximum atomic E-state index is 11.6. The fourth-order valence-electron chi connectivity index (χ4n) is 2.08. The molecule has 0 saturated heterocycles. The van der Waals surface area contributed by atoms with Crippen molar-refractivity contribution >= 4 is 34.3 Å². The van der Waals surface area contributed by atoms with Gasteiger partial charge in [0.1, 0.15) is 0 Å². The molecule has 0 saturated carbocycles. The standard InChI is InChI=1S/C15H19N3O2S/c1-3-8-21-15(20)16-12-6-4-11(5-7-12)14-10(2)9-13(19)17-18-14/h4-7,10H,3,8-9H2,1-2H3,(H,16,20)(H,17,19). The Morgan fingerprint density at radius 3 is 2.76 bits per heavy atom. The first-order chi connectivity index (χ1) is 10.1. The average molecular weight is 305 g/mol. The van der Waals surface area contributed by atoms with Gasteiger partial charge in [-0.3, -0.25) is 9.59 Å². The number of nitrogens with one attached hydrogen (secondary N) is 2. The van der Waals surface area contributed by atoms with Gasteiger partial charge in [-0.2, -0.15) is 5.10 Å². The topological polar surface area (TPSA) is 70.6 Å². The molecule has 1 aliphatic rings. The molecule has 0 radical (unpaired) electrons. The van der Waals surface area contributed by atoms with Gasteiger partial charge < -0.3 is 5.32 Å². The molecule has 1 unspecified atom stereocenters. The highest BCUT2D eigenvalue weighted by Gasteiger charge is 2.21. The normalized spacial score (nSPS) is 17.9. The Bertz CT molecular complexity index is 555. The first kappa shape index (κ1) is 15.6. The molecule has 0 aromatic heterocycles. The molecule has 2 rings (SSSR count). The number of carbonyl (C=O) groups is 2. The zero-order valence-electron chi connectivity index (χ0n) is 12.2. The molecular formula is C15H19N3O2S. The van der Waals surface area contributed by atoms with Gasteiger partial charge in [0.2, 0.25) is 5.91 Å². The molecular weight excluding hydrogens is 286 g/mol. The second-order valence-corrected chi connectivity index (χ2v) is 6.04. The van der Waals surface area contributed by atoms with Gasteiger partial charge in [0.05, 0.1) is 5.71 Å². The van der Waals surface area contributed by atoms with Gasteiger partial charge >= 0.3 is 0 Å². The summed E-state index contributed by atoms with van der Waals surface area (Å²) in [7, 11) is 0. The number of hydrogen-bond donors (Lipinski definition) is 2. The smallest absolute Gasteiger partial charge is 0.283 e. The molecule has 1 aromatic rings. The second kappa shape index (κ2) is 7.26. The molecule has 2 amide bonds. The SMILES string of the molecule is CCCSC(=O)Nc1ccc(C2=NNC(=O)CC2C)cc1. The number of nitrogens with zero attached hydrogens (tertiary/aromatic N) is 1. The minimum atomic E-state index is -0.0527. The Hall–Kier alpha value is -1.82. The lowest BCUT2D eigenvalue weighted by Crippen LogP contribution is -2.31. The van der Waals surface area contributed by atoms with E-state index in [-0.39, 0.29) is 17.1 Å². The maximum Gasteiger partial charge on any atom is 0.283 e. The van der Waals surface area contributed by atoms with E-state index in [1.54, 1.807) is 0 Å². The largest absolute Gasteiger partial charge is 0.317 e. The van der Waals surface area contributed by atoms with Crippen LogP contribution in [0.2, 0.25) is 0 Å². The van der Waals surface area contributed by atoms with Gasteiger partial charge in [0, 0.05) is 23.8 Å². The van der Waals surface area contributed by atoms with Crippen molar-refractivity contribution in [1.82, 2.24) is 5.43 Å². The molecule has 0 aliphatic carbocycles. The Morgan fingerprint density at radius 1 is 1.43 bits per heavy atom. The predicted octanol–water partition coefficient (Wildman–Crippen LogP) is 3.22. The molecule has 0 spiro atoms. The number of hydrazone groups is 1. The zero-order valence-corrected chi connectivity index (χ0v) is 13.0. The number of amides is 2. The Balaban J connectivity index is 2.02. The zero-order chi connectivity index (χ0) is 15.2.